The number of benzene rings is 2. The number of ether oxygens (including phenoxy) is 3. The van der Waals surface area contributed by atoms with Gasteiger partial charge in [0.05, 0.1) is 33.4 Å². The van der Waals surface area contributed by atoms with Crippen molar-refractivity contribution in [1.29, 1.82) is 0 Å². The normalized spacial score (nSPS) is 10.6. The van der Waals surface area contributed by atoms with Crippen LogP contribution in [0.25, 0.3) is 6.08 Å². The molecule has 1 aromatic heterocycles. The highest BCUT2D eigenvalue weighted by atomic mass is 32.1. The van der Waals surface area contributed by atoms with Crippen LogP contribution in [0.15, 0.2) is 53.9 Å². The fraction of sp³-hybridized carbons (Fsp3) is 0.174. The van der Waals surface area contributed by atoms with Crippen molar-refractivity contribution in [2.24, 2.45) is 0 Å². The number of hydrogen-bond acceptors (Lipinski definition) is 7. The van der Waals surface area contributed by atoms with Crippen LogP contribution < -0.4 is 24.8 Å². The van der Waals surface area contributed by atoms with Gasteiger partial charge >= 0.3 is 0 Å². The third-order valence-corrected chi connectivity index (χ3v) is 5.11. The molecule has 8 nitrogen and oxygen atoms in total. The van der Waals surface area contributed by atoms with Crippen LogP contribution in [0.4, 0.5) is 10.8 Å². The number of carbonyl (C=O) groups excluding carboxylic acids is 2. The predicted octanol–water partition coefficient (Wildman–Crippen LogP) is 4.00. The summed E-state index contributed by atoms with van der Waals surface area (Å²) in [7, 11) is 4.51. The molecule has 32 heavy (non-hydrogen) atoms. The summed E-state index contributed by atoms with van der Waals surface area (Å²) < 4.78 is 15.9. The van der Waals surface area contributed by atoms with E-state index in [0.717, 1.165) is 5.56 Å². The molecule has 0 fully saturated rings. The van der Waals surface area contributed by atoms with Crippen molar-refractivity contribution in [2.75, 3.05) is 32.0 Å². The fourth-order valence-corrected chi connectivity index (χ4v) is 3.56. The fourth-order valence-electron chi connectivity index (χ4n) is 2.85. The average Bonchev–Trinajstić information content (AvgIpc) is 3.23. The third kappa shape index (κ3) is 6.08. The molecule has 0 saturated carbocycles. The summed E-state index contributed by atoms with van der Waals surface area (Å²) in [5.74, 6) is 0.742. The molecular formula is C23H23N3O5S. The Morgan fingerprint density at radius 3 is 2.31 bits per heavy atom. The number of rotatable bonds is 9. The number of methoxy groups -OCH3 is 3. The second-order valence-electron chi connectivity index (χ2n) is 6.52. The van der Waals surface area contributed by atoms with Gasteiger partial charge in [0, 0.05) is 29.3 Å². The quantitative estimate of drug-likeness (QED) is 0.475. The highest BCUT2D eigenvalue weighted by molar-refractivity contribution is 7.14. The number of nitrogens with zero attached hydrogens (tertiary/aromatic N) is 1. The summed E-state index contributed by atoms with van der Waals surface area (Å²) >= 11 is 1.25. The first-order chi connectivity index (χ1) is 15.5. The van der Waals surface area contributed by atoms with E-state index in [4.69, 9.17) is 14.2 Å². The number of nitrogens with one attached hydrogen (secondary N) is 2. The van der Waals surface area contributed by atoms with Gasteiger partial charge in [-0.3, -0.25) is 14.9 Å². The summed E-state index contributed by atoms with van der Waals surface area (Å²) in [6.45, 7) is 0. The topological polar surface area (TPSA) is 98.8 Å². The summed E-state index contributed by atoms with van der Waals surface area (Å²) in [6, 6.07) is 12.8. The molecule has 2 amide bonds. The molecule has 0 radical (unpaired) electrons. The zero-order valence-corrected chi connectivity index (χ0v) is 18.7. The van der Waals surface area contributed by atoms with E-state index in [1.54, 1.807) is 23.6 Å². The molecule has 9 heteroatoms. The standard InChI is InChI=1S/C23H23N3O5S/c1-29-18-11-16(12-19(30-2)22(18)31-3)24-21(28)13-17-14-32-23(25-17)26-20(27)10-9-15-7-5-4-6-8-15/h4-12,14H,13H2,1-3H3,(H,24,28)(H,25,26,27)/b10-9+. The minimum Gasteiger partial charge on any atom is -0.493 e. The SMILES string of the molecule is COc1cc(NC(=O)Cc2csc(NC(=O)/C=C/c3ccccc3)n2)cc(OC)c1OC. The summed E-state index contributed by atoms with van der Waals surface area (Å²) in [6.07, 6.45) is 3.20. The molecule has 0 aliphatic rings. The van der Waals surface area contributed by atoms with Crippen LogP contribution in [-0.2, 0) is 16.0 Å². The smallest absolute Gasteiger partial charge is 0.250 e. The largest absolute Gasteiger partial charge is 0.493 e. The lowest BCUT2D eigenvalue weighted by Crippen LogP contribution is -2.15. The van der Waals surface area contributed by atoms with Crippen LogP contribution in [0.1, 0.15) is 11.3 Å². The third-order valence-electron chi connectivity index (χ3n) is 4.30. The maximum Gasteiger partial charge on any atom is 0.250 e. The van der Waals surface area contributed by atoms with E-state index in [0.29, 0.717) is 33.8 Å². The van der Waals surface area contributed by atoms with E-state index >= 15 is 0 Å². The first-order valence-corrected chi connectivity index (χ1v) is 10.5. The maximum atomic E-state index is 12.5. The number of carbonyl (C=O) groups is 2. The lowest BCUT2D eigenvalue weighted by molar-refractivity contribution is -0.115. The number of aromatic nitrogens is 1. The van der Waals surface area contributed by atoms with Gasteiger partial charge in [-0.25, -0.2) is 4.98 Å². The zero-order chi connectivity index (χ0) is 22.9. The van der Waals surface area contributed by atoms with Gasteiger partial charge in [0.25, 0.3) is 0 Å². The van der Waals surface area contributed by atoms with Gasteiger partial charge < -0.3 is 19.5 Å². The molecule has 0 saturated heterocycles. The van der Waals surface area contributed by atoms with Gasteiger partial charge in [-0.05, 0) is 11.6 Å². The Balaban J connectivity index is 1.59. The van der Waals surface area contributed by atoms with Crippen LogP contribution in [0.3, 0.4) is 0 Å². The van der Waals surface area contributed by atoms with Gasteiger partial charge in [0.15, 0.2) is 16.6 Å². The second kappa shape index (κ2) is 11.0. The molecule has 0 atom stereocenters. The van der Waals surface area contributed by atoms with Gasteiger partial charge in [-0.15, -0.1) is 11.3 Å². The molecule has 3 aromatic rings. The average molecular weight is 454 g/mol. The first kappa shape index (κ1) is 22.8. The minimum atomic E-state index is -0.295. The van der Waals surface area contributed by atoms with Crippen molar-refractivity contribution >= 4 is 40.0 Å². The van der Waals surface area contributed by atoms with Crippen molar-refractivity contribution in [3.8, 4) is 17.2 Å². The monoisotopic (exact) mass is 453 g/mol. The van der Waals surface area contributed by atoms with Crippen molar-refractivity contribution < 1.29 is 23.8 Å². The van der Waals surface area contributed by atoms with E-state index in [9.17, 15) is 9.59 Å². The molecule has 3 rings (SSSR count). The van der Waals surface area contributed by atoms with Crippen molar-refractivity contribution in [1.82, 2.24) is 4.98 Å². The Bertz CT molecular complexity index is 1090. The van der Waals surface area contributed by atoms with Crippen molar-refractivity contribution in [2.45, 2.75) is 6.42 Å². The van der Waals surface area contributed by atoms with Gasteiger partial charge in [0.1, 0.15) is 0 Å². The highest BCUT2D eigenvalue weighted by Gasteiger charge is 2.15. The number of amides is 2. The van der Waals surface area contributed by atoms with Crippen LogP contribution >= 0.6 is 11.3 Å². The molecule has 0 aliphatic carbocycles. The van der Waals surface area contributed by atoms with Crippen molar-refractivity contribution in [3.05, 3.63) is 65.2 Å². The minimum absolute atomic E-state index is 0.0445. The summed E-state index contributed by atoms with van der Waals surface area (Å²) in [5, 5.41) is 7.64. The molecule has 0 unspecified atom stereocenters. The van der Waals surface area contributed by atoms with E-state index in [1.807, 2.05) is 30.3 Å². The van der Waals surface area contributed by atoms with Gasteiger partial charge in [-0.1, -0.05) is 30.3 Å². The molecule has 2 N–H and O–H groups in total. The molecule has 2 aromatic carbocycles. The highest BCUT2D eigenvalue weighted by Crippen LogP contribution is 2.39. The Labute approximate surface area is 189 Å². The summed E-state index contributed by atoms with van der Waals surface area (Å²) in [4.78, 5) is 28.9. The lowest BCUT2D eigenvalue weighted by Gasteiger charge is -2.14. The maximum absolute atomic E-state index is 12.5. The Kier molecular flexibility index (Phi) is 7.82. The van der Waals surface area contributed by atoms with Crippen molar-refractivity contribution in [3.63, 3.8) is 0 Å². The molecule has 0 aliphatic heterocycles. The number of thiazole rings is 1. The van der Waals surface area contributed by atoms with Crippen LogP contribution in [-0.4, -0.2) is 38.1 Å². The van der Waals surface area contributed by atoms with Gasteiger partial charge in [0.2, 0.25) is 17.6 Å². The van der Waals surface area contributed by atoms with E-state index in [1.165, 1.54) is 38.7 Å². The molecule has 1 heterocycles. The Morgan fingerprint density at radius 2 is 1.69 bits per heavy atom. The Hall–Kier alpha value is -3.85. The number of hydrogen-bond donors (Lipinski definition) is 2. The zero-order valence-electron chi connectivity index (χ0n) is 17.9. The molecule has 0 spiro atoms. The van der Waals surface area contributed by atoms with Crippen LogP contribution in [0.2, 0.25) is 0 Å². The summed E-state index contributed by atoms with van der Waals surface area (Å²) in [5.41, 5.74) is 1.97. The van der Waals surface area contributed by atoms with Crippen LogP contribution in [0, 0.1) is 0 Å². The first-order valence-electron chi connectivity index (χ1n) is 9.60. The lowest BCUT2D eigenvalue weighted by atomic mass is 10.2. The predicted molar refractivity (Wildman–Crippen MR) is 125 cm³/mol. The molecule has 0 bridgehead atoms. The second-order valence-corrected chi connectivity index (χ2v) is 7.37. The molecule has 166 valence electrons. The number of anilines is 2. The van der Waals surface area contributed by atoms with E-state index in [-0.39, 0.29) is 18.2 Å². The van der Waals surface area contributed by atoms with E-state index < -0.39 is 0 Å². The molecular weight excluding hydrogens is 430 g/mol. The van der Waals surface area contributed by atoms with E-state index in [2.05, 4.69) is 15.6 Å². The van der Waals surface area contributed by atoms with Crippen LogP contribution in [0.5, 0.6) is 17.2 Å². The van der Waals surface area contributed by atoms with Gasteiger partial charge in [-0.2, -0.15) is 0 Å². The Morgan fingerprint density at radius 1 is 1.00 bits per heavy atom.